The van der Waals surface area contributed by atoms with Crippen LogP contribution in [0, 0.1) is 0 Å². The van der Waals surface area contributed by atoms with Crippen molar-refractivity contribution in [1.82, 2.24) is 4.98 Å². The Hall–Kier alpha value is -2.44. The Labute approximate surface area is 106 Å². The van der Waals surface area contributed by atoms with Gasteiger partial charge in [0.25, 0.3) is 5.91 Å². The monoisotopic (exact) mass is 269 g/mol. The number of carbonyl (C=O) groups is 1. The molecule has 0 radical (unpaired) electrons. The summed E-state index contributed by atoms with van der Waals surface area (Å²) in [5, 5.41) is 2.20. The highest BCUT2D eigenvalue weighted by molar-refractivity contribution is 6.04. The number of alkyl halides is 3. The fraction of sp³-hybridized carbons (Fsp3) is 0.0833. The molecule has 2 aromatic rings. The van der Waals surface area contributed by atoms with Crippen LogP contribution in [0.15, 0.2) is 36.5 Å². The molecule has 0 saturated carbocycles. The second-order valence-corrected chi connectivity index (χ2v) is 3.84. The van der Waals surface area contributed by atoms with E-state index in [-0.39, 0.29) is 11.4 Å². The molecule has 1 heterocycles. The first kappa shape index (κ1) is 13.0. The number of nitrogens with two attached hydrogens (primary N) is 1. The van der Waals surface area contributed by atoms with E-state index >= 15 is 0 Å². The summed E-state index contributed by atoms with van der Waals surface area (Å²) in [5.74, 6) is -0.687. The molecule has 0 aliphatic carbocycles. The van der Waals surface area contributed by atoms with Crippen LogP contribution in [0.2, 0.25) is 0 Å². The maximum Gasteiger partial charge on any atom is 0.418 e. The van der Waals surface area contributed by atoms with E-state index < -0.39 is 17.6 Å². The molecule has 4 N–H and O–H groups in total. The predicted molar refractivity (Wildman–Crippen MR) is 64.6 cm³/mol. The van der Waals surface area contributed by atoms with Gasteiger partial charge < -0.3 is 16.0 Å². The van der Waals surface area contributed by atoms with Crippen molar-refractivity contribution in [3.05, 3.63) is 47.8 Å². The van der Waals surface area contributed by atoms with Crippen molar-refractivity contribution in [3.8, 4) is 0 Å². The van der Waals surface area contributed by atoms with E-state index in [1.165, 1.54) is 30.5 Å². The first-order chi connectivity index (χ1) is 8.88. The summed E-state index contributed by atoms with van der Waals surface area (Å²) in [7, 11) is 0. The van der Waals surface area contributed by atoms with E-state index in [0.29, 0.717) is 5.69 Å². The van der Waals surface area contributed by atoms with Crippen LogP contribution in [0.4, 0.5) is 24.5 Å². The minimum Gasteiger partial charge on any atom is -0.397 e. The standard InChI is InChI=1S/C12H10F3N3O/c13-12(14,15)8-3-1-2-4-9(8)18-11(19)10-5-7(16)6-17-10/h1-6,17H,16H2,(H,18,19). The van der Waals surface area contributed by atoms with E-state index in [1.807, 2.05) is 0 Å². The molecular weight excluding hydrogens is 259 g/mol. The summed E-state index contributed by atoms with van der Waals surface area (Å²) in [6, 6.07) is 6.09. The number of amides is 1. The number of halogens is 3. The first-order valence-corrected chi connectivity index (χ1v) is 5.29. The fourth-order valence-corrected chi connectivity index (χ4v) is 1.57. The van der Waals surface area contributed by atoms with E-state index in [1.54, 1.807) is 0 Å². The van der Waals surface area contributed by atoms with Gasteiger partial charge in [0.2, 0.25) is 0 Å². The molecule has 0 aliphatic rings. The summed E-state index contributed by atoms with van der Waals surface area (Å²) >= 11 is 0. The number of nitrogen functional groups attached to an aromatic ring is 1. The van der Waals surface area contributed by atoms with Crippen molar-refractivity contribution in [1.29, 1.82) is 0 Å². The third-order valence-corrected chi connectivity index (χ3v) is 2.43. The molecule has 0 bridgehead atoms. The number of hydrogen-bond acceptors (Lipinski definition) is 2. The zero-order chi connectivity index (χ0) is 14.0. The van der Waals surface area contributed by atoms with E-state index in [9.17, 15) is 18.0 Å². The molecule has 19 heavy (non-hydrogen) atoms. The Balaban J connectivity index is 2.27. The highest BCUT2D eigenvalue weighted by Gasteiger charge is 2.33. The molecule has 2 rings (SSSR count). The Morgan fingerprint density at radius 3 is 2.53 bits per heavy atom. The summed E-state index contributed by atoms with van der Waals surface area (Å²) < 4.78 is 38.2. The number of aromatic nitrogens is 1. The summed E-state index contributed by atoms with van der Waals surface area (Å²) in [6.07, 6.45) is -3.15. The lowest BCUT2D eigenvalue weighted by molar-refractivity contribution is -0.136. The van der Waals surface area contributed by atoms with Gasteiger partial charge in [-0.15, -0.1) is 0 Å². The molecule has 0 spiro atoms. The molecule has 1 amide bonds. The quantitative estimate of drug-likeness (QED) is 0.784. The Bertz CT molecular complexity index is 604. The molecule has 100 valence electrons. The lowest BCUT2D eigenvalue weighted by Gasteiger charge is -2.12. The lowest BCUT2D eigenvalue weighted by atomic mass is 10.1. The van der Waals surface area contributed by atoms with Gasteiger partial charge in [-0.1, -0.05) is 12.1 Å². The van der Waals surface area contributed by atoms with Gasteiger partial charge in [0.15, 0.2) is 0 Å². The van der Waals surface area contributed by atoms with Crippen molar-refractivity contribution in [2.24, 2.45) is 0 Å². The third kappa shape index (κ3) is 2.87. The number of hydrogen-bond donors (Lipinski definition) is 3. The maximum atomic E-state index is 12.7. The number of nitrogens with one attached hydrogen (secondary N) is 2. The number of aromatic amines is 1. The number of carbonyl (C=O) groups excluding carboxylic acids is 1. The molecule has 0 saturated heterocycles. The van der Waals surface area contributed by atoms with Crippen LogP contribution in [0.3, 0.4) is 0 Å². The number of H-pyrrole nitrogens is 1. The molecule has 7 heteroatoms. The average Bonchev–Trinajstić information content (AvgIpc) is 2.75. The highest BCUT2D eigenvalue weighted by Crippen LogP contribution is 2.34. The van der Waals surface area contributed by atoms with Crippen LogP contribution in [0.25, 0.3) is 0 Å². The van der Waals surface area contributed by atoms with Crippen molar-refractivity contribution >= 4 is 17.3 Å². The fourth-order valence-electron chi connectivity index (χ4n) is 1.57. The van der Waals surface area contributed by atoms with Crippen molar-refractivity contribution in [3.63, 3.8) is 0 Å². The topological polar surface area (TPSA) is 70.9 Å². The zero-order valence-corrected chi connectivity index (χ0v) is 9.58. The van der Waals surface area contributed by atoms with Crippen LogP contribution >= 0.6 is 0 Å². The first-order valence-electron chi connectivity index (χ1n) is 5.29. The van der Waals surface area contributed by atoms with E-state index in [4.69, 9.17) is 5.73 Å². The SMILES string of the molecule is Nc1c[nH]c(C(=O)Nc2ccccc2C(F)(F)F)c1. The van der Waals surface area contributed by atoms with Gasteiger partial charge in [-0.05, 0) is 18.2 Å². The molecule has 0 aliphatic heterocycles. The molecule has 4 nitrogen and oxygen atoms in total. The summed E-state index contributed by atoms with van der Waals surface area (Å²) in [5.41, 5.74) is 4.64. The molecule has 1 aromatic carbocycles. The van der Waals surface area contributed by atoms with Gasteiger partial charge in [0.1, 0.15) is 5.69 Å². The number of anilines is 2. The van der Waals surface area contributed by atoms with Crippen molar-refractivity contribution in [2.75, 3.05) is 11.1 Å². The number of para-hydroxylation sites is 1. The van der Waals surface area contributed by atoms with E-state index in [0.717, 1.165) is 6.07 Å². The number of rotatable bonds is 2. The van der Waals surface area contributed by atoms with Crippen molar-refractivity contribution in [2.45, 2.75) is 6.18 Å². The Morgan fingerprint density at radius 2 is 1.95 bits per heavy atom. The van der Waals surface area contributed by atoms with Gasteiger partial charge in [0.05, 0.1) is 11.3 Å². The van der Waals surface area contributed by atoms with E-state index in [2.05, 4.69) is 10.3 Å². The van der Waals surface area contributed by atoms with Gasteiger partial charge in [0, 0.05) is 11.9 Å². The van der Waals surface area contributed by atoms with Crippen LogP contribution < -0.4 is 11.1 Å². The largest absolute Gasteiger partial charge is 0.418 e. The Morgan fingerprint density at radius 1 is 1.26 bits per heavy atom. The van der Waals surface area contributed by atoms with Crippen molar-refractivity contribution < 1.29 is 18.0 Å². The molecular formula is C12H10F3N3O. The van der Waals surface area contributed by atoms with Gasteiger partial charge in [-0.3, -0.25) is 4.79 Å². The summed E-state index contributed by atoms with van der Waals surface area (Å²) in [4.78, 5) is 14.3. The lowest BCUT2D eigenvalue weighted by Crippen LogP contribution is -2.16. The van der Waals surface area contributed by atoms with Gasteiger partial charge >= 0.3 is 6.18 Å². The van der Waals surface area contributed by atoms with Crippen LogP contribution in [0.1, 0.15) is 16.1 Å². The summed E-state index contributed by atoms with van der Waals surface area (Å²) in [6.45, 7) is 0. The zero-order valence-electron chi connectivity index (χ0n) is 9.58. The van der Waals surface area contributed by atoms with Crippen LogP contribution in [-0.2, 0) is 6.18 Å². The minimum absolute atomic E-state index is 0.0921. The normalized spacial score (nSPS) is 11.3. The molecule has 0 unspecified atom stereocenters. The second kappa shape index (κ2) is 4.68. The third-order valence-electron chi connectivity index (χ3n) is 2.43. The van der Waals surface area contributed by atoms with Gasteiger partial charge in [-0.2, -0.15) is 13.2 Å². The molecule has 1 aromatic heterocycles. The minimum atomic E-state index is -4.53. The van der Waals surface area contributed by atoms with Crippen LogP contribution in [-0.4, -0.2) is 10.9 Å². The average molecular weight is 269 g/mol. The predicted octanol–water partition coefficient (Wildman–Crippen LogP) is 2.87. The Kier molecular flexibility index (Phi) is 3.20. The highest BCUT2D eigenvalue weighted by atomic mass is 19.4. The van der Waals surface area contributed by atoms with Crippen LogP contribution in [0.5, 0.6) is 0 Å². The maximum absolute atomic E-state index is 12.7. The second-order valence-electron chi connectivity index (χ2n) is 3.84. The molecule has 0 atom stereocenters. The van der Waals surface area contributed by atoms with Gasteiger partial charge in [-0.25, -0.2) is 0 Å². The smallest absolute Gasteiger partial charge is 0.397 e. The number of benzene rings is 1. The molecule has 0 fully saturated rings.